The van der Waals surface area contributed by atoms with Gasteiger partial charge in [0, 0.05) is 6.04 Å². The third kappa shape index (κ3) is 3.51. The van der Waals surface area contributed by atoms with Crippen LogP contribution in [0.5, 0.6) is 0 Å². The zero-order valence-corrected chi connectivity index (χ0v) is 19.1. The van der Waals surface area contributed by atoms with Crippen LogP contribution < -0.4 is 0 Å². The molecule has 0 aromatic rings. The van der Waals surface area contributed by atoms with Crippen molar-refractivity contribution in [3.63, 3.8) is 0 Å². The molecule has 4 saturated carbocycles. The van der Waals surface area contributed by atoms with Gasteiger partial charge in [-0.3, -0.25) is 9.69 Å². The molecule has 0 unspecified atom stereocenters. The Morgan fingerprint density at radius 2 is 1.83 bits per heavy atom. The van der Waals surface area contributed by atoms with Gasteiger partial charge in [-0.1, -0.05) is 13.8 Å². The highest BCUT2D eigenvalue weighted by atomic mass is 35.5. The number of carbonyl (C=O) groups is 1. The van der Waals surface area contributed by atoms with E-state index < -0.39 is 0 Å². The lowest BCUT2D eigenvalue weighted by Crippen LogP contribution is -2.56. The third-order valence-corrected chi connectivity index (χ3v) is 10.0. The molecule has 0 radical (unpaired) electrons. The summed E-state index contributed by atoms with van der Waals surface area (Å²) in [6.07, 6.45) is 11.1. The molecule has 5 heteroatoms. The summed E-state index contributed by atoms with van der Waals surface area (Å²) in [5, 5.41) is 9.19. The maximum absolute atomic E-state index is 11.7. The Hall–Kier alpha value is -0.790. The summed E-state index contributed by atoms with van der Waals surface area (Å²) in [5.74, 6) is 2.82. The second-order valence-electron chi connectivity index (χ2n) is 10.9. The first-order chi connectivity index (χ1) is 13.8. The van der Waals surface area contributed by atoms with Crippen molar-refractivity contribution < 1.29 is 9.53 Å². The van der Waals surface area contributed by atoms with Crippen molar-refractivity contribution in [3.05, 3.63) is 0 Å². The lowest BCUT2D eigenvalue weighted by Gasteiger charge is -2.61. The molecule has 4 aliphatic rings. The van der Waals surface area contributed by atoms with E-state index in [-0.39, 0.29) is 18.0 Å². The predicted octanol–water partition coefficient (Wildman–Crippen LogP) is 5.00. The highest BCUT2D eigenvalue weighted by molar-refractivity contribution is 6.26. The molecule has 4 rings (SSSR count). The summed E-state index contributed by atoms with van der Waals surface area (Å²) in [4.78, 5) is 14.0. The molecule has 0 spiro atoms. The maximum atomic E-state index is 11.7. The molecule has 8 atom stereocenters. The topological polar surface area (TPSA) is 53.3 Å². The molecule has 29 heavy (non-hydrogen) atoms. The van der Waals surface area contributed by atoms with Gasteiger partial charge in [0.05, 0.1) is 12.6 Å². The lowest BCUT2D eigenvalue weighted by atomic mass is 9.45. The first-order valence-electron chi connectivity index (χ1n) is 11.7. The minimum atomic E-state index is -0.263. The van der Waals surface area contributed by atoms with E-state index >= 15 is 0 Å². The van der Waals surface area contributed by atoms with E-state index in [0.717, 1.165) is 30.6 Å². The molecule has 162 valence electrons. The van der Waals surface area contributed by atoms with Gasteiger partial charge in [0.1, 0.15) is 12.0 Å². The quantitative estimate of drug-likeness (QED) is 0.364. The fourth-order valence-corrected chi connectivity index (χ4v) is 8.52. The highest BCUT2D eigenvalue weighted by Crippen LogP contribution is 2.66. The van der Waals surface area contributed by atoms with E-state index in [0.29, 0.717) is 29.3 Å². The summed E-state index contributed by atoms with van der Waals surface area (Å²) in [7, 11) is 2.15. The Morgan fingerprint density at radius 1 is 1.10 bits per heavy atom. The fraction of sp³-hybridized carbons (Fsp3) is 0.917. The normalized spacial score (nSPS) is 46.3. The van der Waals surface area contributed by atoms with Gasteiger partial charge < -0.3 is 4.74 Å². The standard InChI is InChI=1S/C24H37ClN2O2/c1-23-10-8-17(29-22(28)15-25)14-16(23)4-5-18-19-6-7-21(27(3)13-12-26)24(19,2)11-9-20(18)23/h16-21H,4-11,13-15H2,1-3H3/t16-,17-,18-,19-,20-,21+,23-,24-/m0/s1. The van der Waals surface area contributed by atoms with E-state index in [9.17, 15) is 10.1 Å². The molecule has 0 aromatic heterocycles. The lowest BCUT2D eigenvalue weighted by molar-refractivity contribution is -0.159. The number of nitrogens with zero attached hydrogens (tertiary/aromatic N) is 2. The van der Waals surface area contributed by atoms with Crippen LogP contribution in [0, 0.1) is 45.8 Å². The Labute approximate surface area is 181 Å². The first-order valence-corrected chi connectivity index (χ1v) is 12.2. The second-order valence-corrected chi connectivity index (χ2v) is 11.2. The van der Waals surface area contributed by atoms with Crippen LogP contribution in [0.25, 0.3) is 0 Å². The molecule has 4 nitrogen and oxygen atoms in total. The number of hydrogen-bond donors (Lipinski definition) is 0. The summed E-state index contributed by atoms with van der Waals surface area (Å²) < 4.78 is 5.62. The minimum absolute atomic E-state index is 0.0369. The fourth-order valence-electron chi connectivity index (χ4n) is 8.46. The van der Waals surface area contributed by atoms with Crippen LogP contribution in [0.4, 0.5) is 0 Å². The zero-order valence-electron chi connectivity index (χ0n) is 18.3. The van der Waals surface area contributed by atoms with Crippen molar-refractivity contribution in [1.29, 1.82) is 5.26 Å². The van der Waals surface area contributed by atoms with Gasteiger partial charge in [-0.15, -0.1) is 11.6 Å². The predicted molar refractivity (Wildman–Crippen MR) is 114 cm³/mol. The zero-order chi connectivity index (χ0) is 20.8. The number of carbonyl (C=O) groups excluding carboxylic acids is 1. The van der Waals surface area contributed by atoms with Crippen LogP contribution in [-0.2, 0) is 9.53 Å². The third-order valence-electron chi connectivity index (χ3n) is 9.83. The largest absolute Gasteiger partial charge is 0.461 e. The van der Waals surface area contributed by atoms with E-state index in [1.165, 1.54) is 44.9 Å². The molecule has 0 aromatic carbocycles. The average Bonchev–Trinajstić information content (AvgIpc) is 3.05. The SMILES string of the molecule is CN(CC#N)[C@@H]1CC[C@H]2[C@@H]3CC[C@H]4C[C@@H](OC(=O)CCl)CC[C@]4(C)[C@H]3CC[C@@]21C. The van der Waals surface area contributed by atoms with Crippen molar-refractivity contribution in [1.82, 2.24) is 4.90 Å². The number of ether oxygens (including phenoxy) is 1. The molecule has 4 aliphatic carbocycles. The minimum Gasteiger partial charge on any atom is -0.461 e. The van der Waals surface area contributed by atoms with E-state index in [4.69, 9.17) is 16.3 Å². The second kappa shape index (κ2) is 8.04. The molecular weight excluding hydrogens is 384 g/mol. The van der Waals surface area contributed by atoms with Crippen molar-refractivity contribution in [2.45, 2.75) is 83.8 Å². The molecule has 0 bridgehead atoms. The van der Waals surface area contributed by atoms with Crippen LogP contribution in [-0.4, -0.2) is 42.5 Å². The van der Waals surface area contributed by atoms with Crippen LogP contribution in [0.1, 0.15) is 71.6 Å². The number of esters is 1. The molecule has 0 heterocycles. The number of hydrogen-bond acceptors (Lipinski definition) is 4. The van der Waals surface area contributed by atoms with Crippen molar-refractivity contribution >= 4 is 17.6 Å². The van der Waals surface area contributed by atoms with E-state index in [2.05, 4.69) is 31.9 Å². The average molecular weight is 421 g/mol. The molecular formula is C24H37ClN2O2. The van der Waals surface area contributed by atoms with Gasteiger partial charge in [-0.2, -0.15) is 5.26 Å². The summed E-state index contributed by atoms with van der Waals surface area (Å²) in [5.41, 5.74) is 0.758. The van der Waals surface area contributed by atoms with Crippen molar-refractivity contribution in [2.75, 3.05) is 19.5 Å². The smallest absolute Gasteiger partial charge is 0.321 e. The van der Waals surface area contributed by atoms with E-state index in [1.54, 1.807) is 0 Å². The Morgan fingerprint density at radius 3 is 2.55 bits per heavy atom. The Balaban J connectivity index is 1.49. The van der Waals surface area contributed by atoms with Crippen LogP contribution >= 0.6 is 11.6 Å². The highest BCUT2D eigenvalue weighted by Gasteiger charge is 2.60. The molecule has 0 saturated heterocycles. The number of halogens is 1. The Bertz CT molecular complexity index is 678. The van der Waals surface area contributed by atoms with Crippen LogP contribution in [0.2, 0.25) is 0 Å². The molecule has 0 aliphatic heterocycles. The summed E-state index contributed by atoms with van der Waals surface area (Å²) in [6.45, 7) is 5.62. The maximum Gasteiger partial charge on any atom is 0.321 e. The van der Waals surface area contributed by atoms with Gasteiger partial charge in [0.15, 0.2) is 0 Å². The van der Waals surface area contributed by atoms with Crippen LogP contribution in [0.3, 0.4) is 0 Å². The van der Waals surface area contributed by atoms with Gasteiger partial charge in [0.25, 0.3) is 0 Å². The number of alkyl halides is 1. The van der Waals surface area contributed by atoms with Crippen molar-refractivity contribution in [3.8, 4) is 6.07 Å². The summed E-state index contributed by atoms with van der Waals surface area (Å²) in [6, 6.07) is 2.92. The van der Waals surface area contributed by atoms with Crippen molar-refractivity contribution in [2.24, 2.45) is 34.5 Å². The van der Waals surface area contributed by atoms with E-state index in [1.807, 2.05) is 0 Å². The number of fused-ring (bicyclic) bond motifs is 5. The van der Waals surface area contributed by atoms with Gasteiger partial charge in [-0.05, 0) is 99.3 Å². The van der Waals surface area contributed by atoms with Crippen LogP contribution in [0.15, 0.2) is 0 Å². The van der Waals surface area contributed by atoms with Gasteiger partial charge in [-0.25, -0.2) is 0 Å². The molecule has 0 N–H and O–H groups in total. The first kappa shape index (κ1) is 21.4. The Kier molecular flexibility index (Phi) is 5.95. The monoisotopic (exact) mass is 420 g/mol. The number of nitriles is 1. The van der Waals surface area contributed by atoms with Gasteiger partial charge in [0.2, 0.25) is 0 Å². The molecule has 4 fully saturated rings. The summed E-state index contributed by atoms with van der Waals surface area (Å²) >= 11 is 5.65. The van der Waals surface area contributed by atoms with Gasteiger partial charge >= 0.3 is 5.97 Å². The molecule has 0 amide bonds. The number of rotatable bonds is 4.